The van der Waals surface area contributed by atoms with Crippen LogP contribution in [0.5, 0.6) is 0 Å². The largest absolute Gasteiger partial charge is 0.292 e. The van der Waals surface area contributed by atoms with E-state index in [4.69, 9.17) is 9.97 Å². The first-order chi connectivity index (χ1) is 13.9. The van der Waals surface area contributed by atoms with Crippen LogP contribution in [-0.2, 0) is 19.3 Å². The van der Waals surface area contributed by atoms with E-state index < -0.39 is 0 Å². The van der Waals surface area contributed by atoms with Crippen LogP contribution in [0.4, 0.5) is 17.2 Å². The minimum Gasteiger partial charge on any atom is -0.292 e. The van der Waals surface area contributed by atoms with Gasteiger partial charge in [-0.25, -0.2) is 4.98 Å². The third-order valence-corrected chi connectivity index (χ3v) is 6.36. The van der Waals surface area contributed by atoms with Gasteiger partial charge >= 0.3 is 0 Å². The number of nitrogens with zero attached hydrogens (tertiary/aromatic N) is 3. The molecule has 3 heteroatoms. The molecule has 0 saturated carbocycles. The van der Waals surface area contributed by atoms with E-state index >= 15 is 0 Å². The lowest BCUT2D eigenvalue weighted by Crippen LogP contribution is -2.26. The third kappa shape index (κ3) is 1.79. The van der Waals surface area contributed by atoms with Gasteiger partial charge in [0.1, 0.15) is 5.82 Å². The highest BCUT2D eigenvalue weighted by Gasteiger charge is 2.34. The summed E-state index contributed by atoms with van der Waals surface area (Å²) in [5.74, 6) is 1.05. The lowest BCUT2D eigenvalue weighted by Gasteiger charge is -2.38. The average Bonchev–Trinajstić information content (AvgIpc) is 3.09. The van der Waals surface area contributed by atoms with Gasteiger partial charge in [-0.1, -0.05) is 36.4 Å². The highest BCUT2D eigenvalue weighted by molar-refractivity contribution is 5.90. The number of anilines is 3. The Morgan fingerprint density at radius 3 is 2.54 bits per heavy atom. The molecule has 3 aliphatic rings. The molecule has 0 N–H and O–H groups in total. The number of fused-ring (bicyclic) bond motifs is 7. The topological polar surface area (TPSA) is 29.0 Å². The lowest BCUT2D eigenvalue weighted by atomic mass is 9.89. The van der Waals surface area contributed by atoms with Crippen molar-refractivity contribution in [3.63, 3.8) is 0 Å². The highest BCUT2D eigenvalue weighted by Crippen LogP contribution is 2.51. The second kappa shape index (κ2) is 5.08. The van der Waals surface area contributed by atoms with Crippen molar-refractivity contribution in [2.24, 2.45) is 0 Å². The summed E-state index contributed by atoms with van der Waals surface area (Å²) in [6.07, 6.45) is 6.70. The molecule has 132 valence electrons. The zero-order chi connectivity index (χ0) is 18.2. The van der Waals surface area contributed by atoms with E-state index in [0.717, 1.165) is 30.8 Å². The van der Waals surface area contributed by atoms with Gasteiger partial charge in [-0.15, -0.1) is 0 Å². The molecule has 1 aliphatic carbocycles. The molecule has 2 aliphatic heterocycles. The molecule has 4 heterocycles. The third-order valence-electron chi connectivity index (χ3n) is 6.36. The molecule has 0 amide bonds. The van der Waals surface area contributed by atoms with Crippen LogP contribution in [0.3, 0.4) is 0 Å². The molecule has 2 aromatic heterocycles. The SMILES string of the molecule is c1ccc2c(c1)Cc1cc3c(cc1-2)N1c2ncccc2Cc2ccnc(c21)C3. The molecule has 0 bridgehead atoms. The van der Waals surface area contributed by atoms with Crippen molar-refractivity contribution in [3.05, 3.63) is 101 Å². The van der Waals surface area contributed by atoms with Crippen molar-refractivity contribution in [1.29, 1.82) is 0 Å². The minimum absolute atomic E-state index is 0.890. The van der Waals surface area contributed by atoms with E-state index in [0.29, 0.717) is 0 Å². The van der Waals surface area contributed by atoms with Crippen molar-refractivity contribution in [3.8, 4) is 11.1 Å². The summed E-state index contributed by atoms with van der Waals surface area (Å²) in [6, 6.07) is 20.0. The molecule has 7 rings (SSSR count). The molecule has 0 radical (unpaired) electrons. The highest BCUT2D eigenvalue weighted by atomic mass is 15.2. The minimum atomic E-state index is 0.890. The molecule has 2 aromatic carbocycles. The average molecular weight is 359 g/mol. The first-order valence-corrected chi connectivity index (χ1v) is 9.82. The predicted molar refractivity (Wildman–Crippen MR) is 111 cm³/mol. The fraction of sp³-hybridized carbons (Fsp3) is 0.120. The van der Waals surface area contributed by atoms with Crippen molar-refractivity contribution in [2.75, 3.05) is 4.90 Å². The monoisotopic (exact) mass is 359 g/mol. The molecule has 0 unspecified atom stereocenters. The Labute approximate surface area is 163 Å². The van der Waals surface area contributed by atoms with Crippen LogP contribution in [0.15, 0.2) is 67.0 Å². The molecular weight excluding hydrogens is 342 g/mol. The summed E-state index contributed by atoms with van der Waals surface area (Å²) >= 11 is 0. The van der Waals surface area contributed by atoms with Crippen molar-refractivity contribution in [2.45, 2.75) is 19.3 Å². The van der Waals surface area contributed by atoms with Gasteiger partial charge in [0.2, 0.25) is 0 Å². The first-order valence-electron chi connectivity index (χ1n) is 9.82. The Bertz CT molecular complexity index is 1310. The number of benzene rings is 2. The van der Waals surface area contributed by atoms with Gasteiger partial charge in [0.05, 0.1) is 17.1 Å². The van der Waals surface area contributed by atoms with Crippen molar-refractivity contribution in [1.82, 2.24) is 9.97 Å². The number of pyridine rings is 2. The van der Waals surface area contributed by atoms with Crippen LogP contribution in [-0.4, -0.2) is 9.97 Å². The van der Waals surface area contributed by atoms with Crippen molar-refractivity contribution < 1.29 is 0 Å². The van der Waals surface area contributed by atoms with Gasteiger partial charge in [-0.2, -0.15) is 0 Å². The summed E-state index contributed by atoms with van der Waals surface area (Å²) < 4.78 is 0. The zero-order valence-corrected chi connectivity index (χ0v) is 15.3. The molecule has 0 saturated heterocycles. The second-order valence-corrected chi connectivity index (χ2v) is 7.91. The number of aromatic nitrogens is 2. The normalized spacial score (nSPS) is 14.6. The van der Waals surface area contributed by atoms with Crippen LogP contribution < -0.4 is 4.90 Å². The Morgan fingerprint density at radius 1 is 0.643 bits per heavy atom. The van der Waals surface area contributed by atoms with Gasteiger partial charge in [0.15, 0.2) is 0 Å². The fourth-order valence-corrected chi connectivity index (χ4v) is 5.16. The maximum absolute atomic E-state index is 4.78. The summed E-state index contributed by atoms with van der Waals surface area (Å²) in [7, 11) is 0. The second-order valence-electron chi connectivity index (χ2n) is 7.91. The zero-order valence-electron chi connectivity index (χ0n) is 15.3. The number of rotatable bonds is 0. The summed E-state index contributed by atoms with van der Waals surface area (Å²) in [4.78, 5) is 11.9. The molecule has 28 heavy (non-hydrogen) atoms. The standard InChI is InChI=1S/C25H17N3/c1-2-6-20-15(4-1)10-18-12-19-13-22-24-16(7-9-26-22)11-17-5-3-8-27-25(17)28(24)23(19)14-21(18)20/h1-9,12,14H,10-11,13H2. The lowest BCUT2D eigenvalue weighted by molar-refractivity contribution is 0.940. The van der Waals surface area contributed by atoms with Gasteiger partial charge in [-0.05, 0) is 63.6 Å². The van der Waals surface area contributed by atoms with Crippen LogP contribution in [0.25, 0.3) is 11.1 Å². The quantitative estimate of drug-likeness (QED) is 0.367. The predicted octanol–water partition coefficient (Wildman–Crippen LogP) is 5.33. The van der Waals surface area contributed by atoms with E-state index in [9.17, 15) is 0 Å². The number of hydrogen-bond donors (Lipinski definition) is 0. The van der Waals surface area contributed by atoms with E-state index in [1.165, 1.54) is 50.3 Å². The van der Waals surface area contributed by atoms with Crippen molar-refractivity contribution >= 4 is 17.2 Å². The molecular formula is C25H17N3. The van der Waals surface area contributed by atoms with Crippen LogP contribution in [0.1, 0.15) is 33.5 Å². The van der Waals surface area contributed by atoms with E-state index in [1.54, 1.807) is 0 Å². The Hall–Kier alpha value is -3.46. The van der Waals surface area contributed by atoms with Crippen LogP contribution in [0, 0.1) is 0 Å². The van der Waals surface area contributed by atoms with Gasteiger partial charge in [0.25, 0.3) is 0 Å². The van der Waals surface area contributed by atoms with Crippen LogP contribution in [0.2, 0.25) is 0 Å². The van der Waals surface area contributed by atoms with Crippen LogP contribution >= 0.6 is 0 Å². The van der Waals surface area contributed by atoms with E-state index in [-0.39, 0.29) is 0 Å². The fourth-order valence-electron chi connectivity index (χ4n) is 5.16. The summed E-state index contributed by atoms with van der Waals surface area (Å²) in [5.41, 5.74) is 13.2. The summed E-state index contributed by atoms with van der Waals surface area (Å²) in [5, 5.41) is 0. The van der Waals surface area contributed by atoms with Gasteiger partial charge < -0.3 is 0 Å². The number of hydrogen-bond acceptors (Lipinski definition) is 3. The Morgan fingerprint density at radius 2 is 1.54 bits per heavy atom. The van der Waals surface area contributed by atoms with E-state index in [2.05, 4.69) is 53.4 Å². The summed E-state index contributed by atoms with van der Waals surface area (Å²) in [6.45, 7) is 0. The molecule has 3 nitrogen and oxygen atoms in total. The smallest absolute Gasteiger partial charge is 0.141 e. The molecule has 0 spiro atoms. The molecule has 0 atom stereocenters. The maximum Gasteiger partial charge on any atom is 0.141 e. The van der Waals surface area contributed by atoms with Gasteiger partial charge in [0, 0.05) is 25.2 Å². The Balaban J connectivity index is 1.53. The van der Waals surface area contributed by atoms with Gasteiger partial charge in [-0.3, -0.25) is 9.88 Å². The molecule has 4 aromatic rings. The Kier molecular flexibility index (Phi) is 2.64. The van der Waals surface area contributed by atoms with E-state index in [1.807, 2.05) is 18.5 Å². The molecule has 0 fully saturated rings. The first kappa shape index (κ1) is 14.6. The maximum atomic E-state index is 4.78.